The third kappa shape index (κ3) is 5.22. The summed E-state index contributed by atoms with van der Waals surface area (Å²) in [4.78, 5) is 13.8. The third-order valence-electron chi connectivity index (χ3n) is 8.89. The van der Waals surface area contributed by atoms with Crippen LogP contribution in [-0.4, -0.2) is 40.7 Å². The Balaban J connectivity index is 1.35. The van der Waals surface area contributed by atoms with Crippen LogP contribution in [0.4, 0.5) is 13.2 Å². The van der Waals surface area contributed by atoms with Gasteiger partial charge in [0.05, 0.1) is 12.0 Å². The molecule has 0 radical (unpaired) electrons. The normalized spacial score (nSPS) is 28.9. The Morgan fingerprint density at radius 3 is 2.31 bits per heavy atom. The lowest BCUT2D eigenvalue weighted by Gasteiger charge is -2.37. The van der Waals surface area contributed by atoms with Crippen LogP contribution in [0.3, 0.4) is 0 Å². The van der Waals surface area contributed by atoms with Crippen LogP contribution in [-0.2, 0) is 17.4 Å². The molecular formula is C29H36F3NO3. The van der Waals surface area contributed by atoms with Gasteiger partial charge in [-0.15, -0.1) is 0 Å². The van der Waals surface area contributed by atoms with Crippen molar-refractivity contribution in [2.75, 3.05) is 6.54 Å². The van der Waals surface area contributed by atoms with Crippen molar-refractivity contribution in [3.8, 4) is 5.75 Å². The number of carboxylic acid groups (broad SMARTS) is 1. The minimum Gasteiger partial charge on any atom is -0.490 e. The molecule has 1 N–H and O–H groups in total. The zero-order chi connectivity index (χ0) is 25.4. The molecule has 2 atom stereocenters. The van der Waals surface area contributed by atoms with Crippen molar-refractivity contribution in [2.45, 2.75) is 95.5 Å². The average Bonchev–Trinajstić information content (AvgIpc) is 3.08. The maximum atomic E-state index is 14.3. The van der Waals surface area contributed by atoms with Crippen LogP contribution in [0, 0.1) is 11.8 Å². The predicted molar refractivity (Wildman–Crippen MR) is 133 cm³/mol. The van der Waals surface area contributed by atoms with E-state index < -0.39 is 17.7 Å². The van der Waals surface area contributed by atoms with Gasteiger partial charge in [-0.25, -0.2) is 0 Å². The maximum absolute atomic E-state index is 14.3. The molecule has 2 aromatic carbocycles. The van der Waals surface area contributed by atoms with Gasteiger partial charge in [-0.1, -0.05) is 37.6 Å². The molecule has 5 rings (SSSR count). The summed E-state index contributed by atoms with van der Waals surface area (Å²) >= 11 is 0. The van der Waals surface area contributed by atoms with E-state index in [2.05, 4.69) is 11.8 Å². The second-order valence-corrected chi connectivity index (χ2v) is 11.0. The van der Waals surface area contributed by atoms with E-state index in [-0.39, 0.29) is 35.2 Å². The van der Waals surface area contributed by atoms with E-state index in [1.165, 1.54) is 6.07 Å². The number of alkyl halides is 3. The number of hydrogen-bond donors (Lipinski definition) is 1. The van der Waals surface area contributed by atoms with E-state index >= 15 is 0 Å². The van der Waals surface area contributed by atoms with E-state index in [9.17, 15) is 23.1 Å². The number of ether oxygens (including phenoxy) is 1. The van der Waals surface area contributed by atoms with E-state index in [4.69, 9.17) is 4.74 Å². The smallest absolute Gasteiger partial charge is 0.420 e. The summed E-state index contributed by atoms with van der Waals surface area (Å²) in [6, 6.07) is 9.13. The van der Waals surface area contributed by atoms with Crippen LogP contribution < -0.4 is 4.74 Å². The van der Waals surface area contributed by atoms with Crippen LogP contribution in [0.25, 0.3) is 10.8 Å². The number of piperidine rings is 1. The molecule has 2 unspecified atom stereocenters. The first-order chi connectivity index (χ1) is 17.2. The van der Waals surface area contributed by atoms with Gasteiger partial charge in [0.1, 0.15) is 11.3 Å². The predicted octanol–water partition coefficient (Wildman–Crippen LogP) is 7.08. The molecule has 2 heterocycles. The van der Waals surface area contributed by atoms with Crippen molar-refractivity contribution in [1.29, 1.82) is 0 Å². The first kappa shape index (κ1) is 25.4. The number of halogens is 3. The van der Waals surface area contributed by atoms with E-state index in [1.54, 1.807) is 18.2 Å². The van der Waals surface area contributed by atoms with Crippen molar-refractivity contribution >= 4 is 16.7 Å². The minimum absolute atomic E-state index is 0.0547. The molecule has 2 bridgehead atoms. The molecule has 2 aliphatic heterocycles. The third-order valence-corrected chi connectivity index (χ3v) is 8.89. The second kappa shape index (κ2) is 10.2. The summed E-state index contributed by atoms with van der Waals surface area (Å²) in [5.41, 5.74) is 0.204. The standard InChI is InChI=1S/C29H36F3NO3/c1-2-18-4-10-24(11-5-18)36-26-12-7-20-6-3-19(15-25(20)27(26)29(30,31)32)13-14-33-22-8-9-23(33)17-21(16-22)28(34)35/h3,6-7,12,15,18,21-24H,2,4-5,8-11,13-14,16-17H2,1H3,(H,34,35)/t18-,21?,22?,23?,24+. The summed E-state index contributed by atoms with van der Waals surface area (Å²) in [5.74, 6) is -0.390. The van der Waals surface area contributed by atoms with Crippen molar-refractivity contribution in [2.24, 2.45) is 11.8 Å². The van der Waals surface area contributed by atoms with Crippen molar-refractivity contribution in [3.05, 3.63) is 41.5 Å². The molecule has 3 fully saturated rings. The fraction of sp³-hybridized carbons (Fsp3) is 0.621. The zero-order valence-electron chi connectivity index (χ0n) is 20.9. The number of aliphatic carboxylic acids is 1. The summed E-state index contributed by atoms with van der Waals surface area (Å²) in [5, 5.41) is 10.2. The molecule has 2 saturated heterocycles. The number of benzene rings is 2. The summed E-state index contributed by atoms with van der Waals surface area (Å²) < 4.78 is 49.0. The highest BCUT2D eigenvalue weighted by Crippen LogP contribution is 2.43. The van der Waals surface area contributed by atoms with E-state index in [0.717, 1.165) is 57.1 Å². The minimum atomic E-state index is -4.51. The molecular weight excluding hydrogens is 467 g/mol. The number of hydrogen-bond acceptors (Lipinski definition) is 3. The van der Waals surface area contributed by atoms with Crippen molar-refractivity contribution in [1.82, 2.24) is 4.90 Å². The molecule has 0 aromatic heterocycles. The highest BCUT2D eigenvalue weighted by molar-refractivity contribution is 5.89. The number of fused-ring (bicyclic) bond motifs is 3. The fourth-order valence-corrected chi connectivity index (χ4v) is 6.83. The van der Waals surface area contributed by atoms with Gasteiger partial charge in [0, 0.05) is 18.6 Å². The monoisotopic (exact) mass is 503 g/mol. The summed E-state index contributed by atoms with van der Waals surface area (Å²) in [7, 11) is 0. The maximum Gasteiger partial charge on any atom is 0.420 e. The first-order valence-corrected chi connectivity index (χ1v) is 13.5. The van der Waals surface area contributed by atoms with E-state index in [1.807, 2.05) is 6.07 Å². The number of nitrogens with zero attached hydrogens (tertiary/aromatic N) is 1. The average molecular weight is 504 g/mol. The van der Waals surface area contributed by atoms with Gasteiger partial charge in [-0.3, -0.25) is 9.69 Å². The zero-order valence-corrected chi connectivity index (χ0v) is 20.9. The lowest BCUT2D eigenvalue weighted by atomic mass is 9.86. The molecule has 196 valence electrons. The molecule has 3 aliphatic rings. The van der Waals surface area contributed by atoms with Gasteiger partial charge < -0.3 is 9.84 Å². The number of carboxylic acids is 1. The van der Waals surface area contributed by atoms with Gasteiger partial charge in [0.25, 0.3) is 0 Å². The van der Waals surface area contributed by atoms with Crippen molar-refractivity contribution < 1.29 is 27.8 Å². The molecule has 4 nitrogen and oxygen atoms in total. The largest absolute Gasteiger partial charge is 0.490 e. The Morgan fingerprint density at radius 1 is 1.03 bits per heavy atom. The molecule has 2 aromatic rings. The molecule has 0 amide bonds. The molecule has 1 saturated carbocycles. The van der Waals surface area contributed by atoms with Gasteiger partial charge >= 0.3 is 12.1 Å². The Labute approximate surface area is 210 Å². The Morgan fingerprint density at radius 2 is 1.69 bits per heavy atom. The highest BCUT2D eigenvalue weighted by Gasteiger charge is 2.42. The summed E-state index contributed by atoms with van der Waals surface area (Å²) in [6.45, 7) is 2.91. The van der Waals surface area contributed by atoms with Gasteiger partial charge in [-0.05, 0) is 86.1 Å². The molecule has 1 aliphatic carbocycles. The molecule has 36 heavy (non-hydrogen) atoms. The second-order valence-electron chi connectivity index (χ2n) is 11.0. The van der Waals surface area contributed by atoms with Crippen LogP contribution >= 0.6 is 0 Å². The number of carbonyl (C=O) groups is 1. The summed E-state index contributed by atoms with van der Waals surface area (Å²) in [6.07, 6.45) is 4.04. The highest BCUT2D eigenvalue weighted by atomic mass is 19.4. The Hall–Kier alpha value is -2.28. The van der Waals surface area contributed by atoms with E-state index in [0.29, 0.717) is 30.6 Å². The SMILES string of the molecule is CC[C@H]1CC[C@@H](Oc2ccc3ccc(CCN4C5CCC4CC(C(=O)O)C5)cc3c2C(F)(F)F)CC1. The van der Waals surface area contributed by atoms with Gasteiger partial charge in [-0.2, -0.15) is 13.2 Å². The van der Waals surface area contributed by atoms with Crippen LogP contribution in [0.1, 0.15) is 75.8 Å². The first-order valence-electron chi connectivity index (χ1n) is 13.5. The lowest BCUT2D eigenvalue weighted by Crippen LogP contribution is -2.45. The fourth-order valence-electron chi connectivity index (χ4n) is 6.83. The quantitative estimate of drug-likeness (QED) is 0.439. The number of rotatable bonds is 7. The van der Waals surface area contributed by atoms with Gasteiger partial charge in [0.15, 0.2) is 0 Å². The van der Waals surface area contributed by atoms with Gasteiger partial charge in [0.2, 0.25) is 0 Å². The van der Waals surface area contributed by atoms with Crippen molar-refractivity contribution in [3.63, 3.8) is 0 Å². The Bertz CT molecular complexity index is 1080. The van der Waals surface area contributed by atoms with Crippen LogP contribution in [0.15, 0.2) is 30.3 Å². The molecule has 7 heteroatoms. The lowest BCUT2D eigenvalue weighted by molar-refractivity contribution is -0.144. The molecule has 0 spiro atoms. The Kier molecular flexibility index (Phi) is 7.21. The van der Waals surface area contributed by atoms with Crippen LogP contribution in [0.2, 0.25) is 0 Å². The van der Waals surface area contributed by atoms with Crippen LogP contribution in [0.5, 0.6) is 5.75 Å². The topological polar surface area (TPSA) is 49.8 Å².